The van der Waals surface area contributed by atoms with E-state index < -0.39 is 10.0 Å². The third-order valence-electron chi connectivity index (χ3n) is 4.64. The first-order chi connectivity index (χ1) is 10.8. The minimum absolute atomic E-state index is 0.470. The van der Waals surface area contributed by atoms with Gasteiger partial charge in [0.25, 0.3) is 0 Å². The lowest BCUT2D eigenvalue weighted by Gasteiger charge is -2.16. The third kappa shape index (κ3) is 5.92. The summed E-state index contributed by atoms with van der Waals surface area (Å²) in [5.74, 6) is 0. The standard InChI is InChI=1S/C19H33NO2S/c1-6-7-8-9-10-11-12-13-20-23(21,22)19-17(4)15(2)14-16(3)18(19)5/h14,20H,6-13H2,1-5H3. The van der Waals surface area contributed by atoms with E-state index in [-0.39, 0.29) is 0 Å². The van der Waals surface area contributed by atoms with Crippen LogP contribution in [-0.2, 0) is 10.0 Å². The number of hydrogen-bond donors (Lipinski definition) is 1. The molecule has 0 atom stereocenters. The fourth-order valence-corrected chi connectivity index (χ4v) is 4.63. The molecule has 1 N–H and O–H groups in total. The van der Waals surface area contributed by atoms with Crippen molar-refractivity contribution in [1.29, 1.82) is 0 Å². The van der Waals surface area contributed by atoms with Crippen LogP contribution in [0.4, 0.5) is 0 Å². The van der Waals surface area contributed by atoms with Crippen LogP contribution in [0.2, 0.25) is 0 Å². The Hall–Kier alpha value is -0.870. The molecule has 1 rings (SSSR count). The van der Waals surface area contributed by atoms with Crippen molar-refractivity contribution in [1.82, 2.24) is 4.72 Å². The molecule has 4 heteroatoms. The van der Waals surface area contributed by atoms with Crippen molar-refractivity contribution in [2.75, 3.05) is 6.54 Å². The van der Waals surface area contributed by atoms with E-state index >= 15 is 0 Å². The summed E-state index contributed by atoms with van der Waals surface area (Å²) in [6.07, 6.45) is 8.32. The fourth-order valence-electron chi connectivity index (χ4n) is 2.94. The molecule has 1 aromatic rings. The summed E-state index contributed by atoms with van der Waals surface area (Å²) < 4.78 is 28.1. The second kappa shape index (κ2) is 9.43. The van der Waals surface area contributed by atoms with Gasteiger partial charge in [-0.15, -0.1) is 0 Å². The monoisotopic (exact) mass is 339 g/mol. The first-order valence-electron chi connectivity index (χ1n) is 8.88. The highest BCUT2D eigenvalue weighted by molar-refractivity contribution is 7.89. The van der Waals surface area contributed by atoms with Gasteiger partial charge < -0.3 is 0 Å². The number of nitrogens with one attached hydrogen (secondary N) is 1. The molecule has 0 fully saturated rings. The van der Waals surface area contributed by atoms with Crippen molar-refractivity contribution in [2.24, 2.45) is 0 Å². The molecule has 0 aliphatic carbocycles. The lowest BCUT2D eigenvalue weighted by molar-refractivity contribution is 0.562. The highest BCUT2D eigenvalue weighted by Gasteiger charge is 2.21. The molecule has 0 aliphatic heterocycles. The van der Waals surface area contributed by atoms with Crippen molar-refractivity contribution in [3.05, 3.63) is 28.3 Å². The van der Waals surface area contributed by atoms with E-state index in [1.54, 1.807) is 0 Å². The van der Waals surface area contributed by atoms with E-state index in [1.807, 2.05) is 27.7 Å². The molecule has 0 amide bonds. The van der Waals surface area contributed by atoms with Crippen LogP contribution in [0.3, 0.4) is 0 Å². The van der Waals surface area contributed by atoms with Crippen LogP contribution < -0.4 is 4.72 Å². The van der Waals surface area contributed by atoms with Gasteiger partial charge in [0.1, 0.15) is 0 Å². The van der Waals surface area contributed by atoms with Crippen LogP contribution in [0.1, 0.15) is 74.1 Å². The third-order valence-corrected chi connectivity index (χ3v) is 6.37. The molecule has 0 bridgehead atoms. The zero-order valence-electron chi connectivity index (χ0n) is 15.5. The van der Waals surface area contributed by atoms with Gasteiger partial charge in [-0.25, -0.2) is 13.1 Å². The Kier molecular flexibility index (Phi) is 8.27. The van der Waals surface area contributed by atoms with E-state index in [0.717, 1.165) is 35.1 Å². The van der Waals surface area contributed by atoms with Crippen LogP contribution in [0, 0.1) is 27.7 Å². The number of unbranched alkanes of at least 4 members (excludes halogenated alkanes) is 6. The van der Waals surface area contributed by atoms with E-state index in [9.17, 15) is 8.42 Å². The van der Waals surface area contributed by atoms with Crippen LogP contribution in [0.5, 0.6) is 0 Å². The van der Waals surface area contributed by atoms with Crippen LogP contribution in [-0.4, -0.2) is 15.0 Å². The Balaban J connectivity index is 2.58. The predicted octanol–water partition coefficient (Wildman–Crippen LogP) is 4.95. The quantitative estimate of drug-likeness (QED) is 0.613. The van der Waals surface area contributed by atoms with Gasteiger partial charge in [-0.3, -0.25) is 0 Å². The molecular weight excluding hydrogens is 306 g/mol. The number of hydrogen-bond acceptors (Lipinski definition) is 2. The zero-order chi connectivity index (χ0) is 17.5. The topological polar surface area (TPSA) is 46.2 Å². The summed E-state index contributed by atoms with van der Waals surface area (Å²) in [4.78, 5) is 0.470. The van der Waals surface area contributed by atoms with Gasteiger partial charge in [-0.1, -0.05) is 51.5 Å². The molecule has 0 aliphatic rings. The summed E-state index contributed by atoms with van der Waals surface area (Å²) in [5, 5.41) is 0. The maximum absolute atomic E-state index is 12.6. The van der Waals surface area contributed by atoms with Crippen molar-refractivity contribution in [3.63, 3.8) is 0 Å². The maximum Gasteiger partial charge on any atom is 0.241 e. The van der Waals surface area contributed by atoms with E-state index in [1.165, 1.54) is 32.1 Å². The molecule has 3 nitrogen and oxygen atoms in total. The molecular formula is C19H33NO2S. The minimum atomic E-state index is -3.42. The molecule has 0 saturated heterocycles. The lowest BCUT2D eigenvalue weighted by Crippen LogP contribution is -2.26. The average molecular weight is 340 g/mol. The smallest absolute Gasteiger partial charge is 0.211 e. The number of sulfonamides is 1. The molecule has 0 heterocycles. The number of aryl methyl sites for hydroxylation is 2. The average Bonchev–Trinajstić information content (AvgIpc) is 2.48. The normalized spacial score (nSPS) is 11.9. The summed E-state index contributed by atoms with van der Waals surface area (Å²) in [6, 6.07) is 2.06. The second-order valence-electron chi connectivity index (χ2n) is 6.61. The zero-order valence-corrected chi connectivity index (χ0v) is 16.3. The van der Waals surface area contributed by atoms with Gasteiger partial charge in [0.05, 0.1) is 4.90 Å². The first-order valence-corrected chi connectivity index (χ1v) is 10.4. The Morgan fingerprint density at radius 3 is 1.83 bits per heavy atom. The molecule has 0 unspecified atom stereocenters. The van der Waals surface area contributed by atoms with Gasteiger partial charge in [0, 0.05) is 6.54 Å². The largest absolute Gasteiger partial charge is 0.241 e. The number of rotatable bonds is 10. The molecule has 132 valence electrons. The Bertz CT molecular complexity index is 580. The van der Waals surface area contributed by atoms with Crippen LogP contribution in [0.15, 0.2) is 11.0 Å². The van der Waals surface area contributed by atoms with Crippen molar-refractivity contribution < 1.29 is 8.42 Å². The first kappa shape index (κ1) is 20.2. The van der Waals surface area contributed by atoms with Crippen molar-refractivity contribution >= 4 is 10.0 Å². The maximum atomic E-state index is 12.6. The minimum Gasteiger partial charge on any atom is -0.211 e. The molecule has 0 spiro atoms. The lowest BCUT2D eigenvalue weighted by atomic mass is 10.0. The van der Waals surface area contributed by atoms with Gasteiger partial charge in [-0.05, 0) is 56.4 Å². The second-order valence-corrected chi connectivity index (χ2v) is 8.31. The molecule has 1 aromatic carbocycles. The Labute approximate surface area is 142 Å². The van der Waals surface area contributed by atoms with Crippen LogP contribution >= 0.6 is 0 Å². The van der Waals surface area contributed by atoms with E-state index in [2.05, 4.69) is 17.7 Å². The predicted molar refractivity (Wildman–Crippen MR) is 98.6 cm³/mol. The van der Waals surface area contributed by atoms with E-state index in [4.69, 9.17) is 0 Å². The molecule has 0 radical (unpaired) electrons. The highest BCUT2D eigenvalue weighted by atomic mass is 32.2. The summed E-state index contributed by atoms with van der Waals surface area (Å²) >= 11 is 0. The fraction of sp³-hybridized carbons (Fsp3) is 0.684. The van der Waals surface area contributed by atoms with E-state index in [0.29, 0.717) is 11.4 Å². The summed E-state index contributed by atoms with van der Waals surface area (Å²) in [7, 11) is -3.42. The number of benzene rings is 1. The van der Waals surface area contributed by atoms with Crippen LogP contribution in [0.25, 0.3) is 0 Å². The summed E-state index contributed by atoms with van der Waals surface area (Å²) in [6.45, 7) is 10.5. The molecule has 23 heavy (non-hydrogen) atoms. The van der Waals surface area contributed by atoms with Gasteiger partial charge in [-0.2, -0.15) is 0 Å². The van der Waals surface area contributed by atoms with Gasteiger partial charge in [0.2, 0.25) is 10.0 Å². The highest BCUT2D eigenvalue weighted by Crippen LogP contribution is 2.25. The van der Waals surface area contributed by atoms with Gasteiger partial charge >= 0.3 is 0 Å². The van der Waals surface area contributed by atoms with Gasteiger partial charge in [0.15, 0.2) is 0 Å². The van der Waals surface area contributed by atoms with Crippen molar-refractivity contribution in [2.45, 2.75) is 84.5 Å². The molecule has 0 aromatic heterocycles. The SMILES string of the molecule is CCCCCCCCCNS(=O)(=O)c1c(C)c(C)cc(C)c1C. The molecule has 0 saturated carbocycles. The Morgan fingerprint density at radius 2 is 1.30 bits per heavy atom. The summed E-state index contributed by atoms with van der Waals surface area (Å²) in [5.41, 5.74) is 3.79. The Morgan fingerprint density at radius 1 is 0.826 bits per heavy atom. The van der Waals surface area contributed by atoms with Crippen molar-refractivity contribution in [3.8, 4) is 0 Å².